The van der Waals surface area contributed by atoms with E-state index in [2.05, 4.69) is 205 Å². The van der Waals surface area contributed by atoms with Gasteiger partial charge in [-0.05, 0) is 103 Å². The molecule has 0 bridgehead atoms. The summed E-state index contributed by atoms with van der Waals surface area (Å²) in [5, 5.41) is 4.96. The van der Waals surface area contributed by atoms with E-state index in [0.29, 0.717) is 0 Å². The van der Waals surface area contributed by atoms with E-state index in [1.54, 1.807) is 0 Å². The van der Waals surface area contributed by atoms with Gasteiger partial charge in [0.1, 0.15) is 11.5 Å². The van der Waals surface area contributed by atoms with E-state index < -0.39 is 5.41 Å². The van der Waals surface area contributed by atoms with Crippen molar-refractivity contribution in [1.82, 2.24) is 0 Å². The van der Waals surface area contributed by atoms with Gasteiger partial charge in [-0.2, -0.15) is 0 Å². The molecule has 0 N–H and O–H groups in total. The molecule has 2 heteroatoms. The molecule has 0 saturated carbocycles. The molecule has 0 radical (unpaired) electrons. The third-order valence-corrected chi connectivity index (χ3v) is 11.3. The zero-order chi connectivity index (χ0) is 36.9. The van der Waals surface area contributed by atoms with E-state index in [0.717, 1.165) is 39.7 Å². The fourth-order valence-corrected chi connectivity index (χ4v) is 8.99. The molecule has 0 amide bonds. The van der Waals surface area contributed by atoms with Crippen LogP contribution in [-0.4, -0.2) is 0 Å². The Morgan fingerprint density at radius 2 is 0.873 bits per heavy atom. The molecule has 1 spiro atoms. The Morgan fingerprint density at radius 1 is 0.364 bits per heavy atom. The van der Waals surface area contributed by atoms with Gasteiger partial charge in [-0.1, -0.05) is 166 Å². The summed E-state index contributed by atoms with van der Waals surface area (Å²) < 4.78 is 6.62. The molecule has 0 unspecified atom stereocenters. The highest BCUT2D eigenvalue weighted by atomic mass is 16.5. The van der Waals surface area contributed by atoms with Crippen molar-refractivity contribution in [3.63, 3.8) is 0 Å². The monoisotopic (exact) mass is 705 g/mol. The highest BCUT2D eigenvalue weighted by Gasteiger charge is 2.51. The zero-order valence-corrected chi connectivity index (χ0v) is 30.9. The molecule has 0 saturated heterocycles. The van der Waals surface area contributed by atoms with E-state index in [9.17, 15) is 0 Å². The highest BCUT2D eigenvalue weighted by Crippen LogP contribution is 2.62. The van der Waals surface area contributed by atoms with E-state index in [4.69, 9.17) is 4.74 Å². The van der Waals surface area contributed by atoms with Gasteiger partial charge in [0.2, 0.25) is 0 Å². The van der Waals surface area contributed by atoms with Crippen molar-refractivity contribution in [3.8, 4) is 33.8 Å². The van der Waals surface area contributed by atoms with Crippen LogP contribution in [0.25, 0.3) is 43.8 Å². The molecule has 1 heterocycles. The third-order valence-electron chi connectivity index (χ3n) is 11.3. The van der Waals surface area contributed by atoms with Crippen molar-refractivity contribution < 1.29 is 4.74 Å². The minimum atomic E-state index is -0.546. The molecule has 55 heavy (non-hydrogen) atoms. The molecule has 0 aromatic heterocycles. The third kappa shape index (κ3) is 5.02. The van der Waals surface area contributed by atoms with E-state index in [1.807, 2.05) is 13.8 Å². The summed E-state index contributed by atoms with van der Waals surface area (Å²) in [4.78, 5) is 2.42. The molecule has 1 aliphatic carbocycles. The Kier molecular flexibility index (Phi) is 7.85. The lowest BCUT2D eigenvalue weighted by Crippen LogP contribution is -2.32. The molecular formula is C53H39NO. The summed E-state index contributed by atoms with van der Waals surface area (Å²) in [6.45, 7) is 4.00. The maximum atomic E-state index is 6.62. The first-order valence-corrected chi connectivity index (χ1v) is 19.3. The minimum Gasteiger partial charge on any atom is -0.457 e. The average molecular weight is 706 g/mol. The van der Waals surface area contributed by atoms with E-state index in [1.165, 1.54) is 54.9 Å². The molecule has 262 valence electrons. The van der Waals surface area contributed by atoms with Crippen molar-refractivity contribution >= 4 is 38.6 Å². The van der Waals surface area contributed by atoms with Gasteiger partial charge < -0.3 is 9.64 Å². The first-order chi connectivity index (χ1) is 27.3. The van der Waals surface area contributed by atoms with E-state index >= 15 is 0 Å². The average Bonchev–Trinajstić information content (AvgIpc) is 3.55. The van der Waals surface area contributed by atoms with Crippen molar-refractivity contribution in [2.75, 3.05) is 4.90 Å². The summed E-state index contributed by atoms with van der Waals surface area (Å²) in [5.74, 6) is 1.79. The molecule has 0 atom stereocenters. The Morgan fingerprint density at radius 3 is 1.62 bits per heavy atom. The molecule has 9 aromatic carbocycles. The van der Waals surface area contributed by atoms with Crippen LogP contribution in [0.15, 0.2) is 200 Å². The van der Waals surface area contributed by atoms with Crippen LogP contribution in [0, 0.1) is 0 Å². The van der Waals surface area contributed by atoms with Gasteiger partial charge in [0.15, 0.2) is 0 Å². The predicted octanol–water partition coefficient (Wildman–Crippen LogP) is 14.6. The van der Waals surface area contributed by atoms with Crippen LogP contribution in [0.2, 0.25) is 0 Å². The zero-order valence-electron chi connectivity index (χ0n) is 30.9. The first-order valence-electron chi connectivity index (χ1n) is 19.3. The van der Waals surface area contributed by atoms with Gasteiger partial charge in [-0.3, -0.25) is 0 Å². The second-order valence-electron chi connectivity index (χ2n) is 14.1. The molecule has 9 aromatic rings. The number of nitrogens with zero attached hydrogens (tertiary/aromatic N) is 1. The minimum absolute atomic E-state index is 0.546. The largest absolute Gasteiger partial charge is 0.457 e. The van der Waals surface area contributed by atoms with Gasteiger partial charge in [0, 0.05) is 28.2 Å². The summed E-state index contributed by atoms with van der Waals surface area (Å²) in [5.41, 5.74) is 12.5. The van der Waals surface area contributed by atoms with Crippen LogP contribution in [0.5, 0.6) is 11.5 Å². The normalized spacial score (nSPS) is 12.8. The van der Waals surface area contributed by atoms with Crippen LogP contribution in [0.3, 0.4) is 0 Å². The van der Waals surface area contributed by atoms with Gasteiger partial charge in [0.05, 0.1) is 5.41 Å². The van der Waals surface area contributed by atoms with Crippen LogP contribution in [0.1, 0.15) is 36.1 Å². The fraction of sp³-hybridized carbons (Fsp3) is 0.0566. The van der Waals surface area contributed by atoms with Crippen LogP contribution in [-0.2, 0) is 5.41 Å². The van der Waals surface area contributed by atoms with E-state index in [-0.39, 0.29) is 0 Å². The number of para-hydroxylation sites is 2. The number of ether oxygens (including phenoxy) is 1. The van der Waals surface area contributed by atoms with Crippen LogP contribution >= 0.6 is 0 Å². The molecule has 1 aliphatic heterocycles. The highest BCUT2D eigenvalue weighted by molar-refractivity contribution is 6.09. The molecule has 11 rings (SSSR count). The number of benzene rings is 9. The maximum absolute atomic E-state index is 6.62. The first kappa shape index (κ1) is 32.7. The second-order valence-corrected chi connectivity index (χ2v) is 14.1. The maximum Gasteiger partial charge on any atom is 0.132 e. The lowest BCUT2D eigenvalue weighted by Gasteiger charge is -2.39. The Labute approximate surface area is 322 Å². The van der Waals surface area contributed by atoms with Gasteiger partial charge in [-0.15, -0.1) is 0 Å². The topological polar surface area (TPSA) is 12.5 Å². The number of anilines is 3. The summed E-state index contributed by atoms with van der Waals surface area (Å²) in [7, 11) is 0. The second kappa shape index (κ2) is 13.2. The molecule has 0 fully saturated rings. The van der Waals surface area contributed by atoms with Gasteiger partial charge in [-0.25, -0.2) is 0 Å². The SMILES string of the molecule is CC.c1ccc(-c2ccc(N(c3ccc4c(c3)C3(c5ccccc5Oc5ccccc53)c3ccccc3-4)c3ccc4ccc5ccccc5c4c3)cc2)cc1. The molecule has 2 aliphatic rings. The number of rotatable bonds is 4. The van der Waals surface area contributed by atoms with Gasteiger partial charge in [0.25, 0.3) is 0 Å². The predicted molar refractivity (Wildman–Crippen MR) is 230 cm³/mol. The van der Waals surface area contributed by atoms with Gasteiger partial charge >= 0.3 is 0 Å². The fourth-order valence-electron chi connectivity index (χ4n) is 8.99. The summed E-state index contributed by atoms with van der Waals surface area (Å²) >= 11 is 0. The smallest absolute Gasteiger partial charge is 0.132 e. The summed E-state index contributed by atoms with van der Waals surface area (Å²) in [6.07, 6.45) is 0. The Bertz CT molecular complexity index is 2830. The van der Waals surface area contributed by atoms with Crippen LogP contribution < -0.4 is 9.64 Å². The quantitative estimate of drug-likeness (QED) is 0.169. The summed E-state index contributed by atoms with van der Waals surface area (Å²) in [6, 6.07) is 72.7. The Hall–Kier alpha value is -6.90. The van der Waals surface area contributed by atoms with Crippen molar-refractivity contribution in [2.45, 2.75) is 19.3 Å². The molecule has 2 nitrogen and oxygen atoms in total. The van der Waals surface area contributed by atoms with Crippen LogP contribution in [0.4, 0.5) is 17.1 Å². The van der Waals surface area contributed by atoms with Crippen molar-refractivity contribution in [3.05, 3.63) is 222 Å². The standard InChI is InChI=1S/C51H33NO.C2H6/c1-2-12-34(13-3-1)35-24-27-38(28-25-35)52(39-29-26-37-23-22-36-14-4-5-15-41(36)44(37)32-39)40-30-31-43-42-16-6-7-17-45(42)51(48(43)33-40)46-18-8-10-20-49(46)53-50-21-11-9-19-47(50)51;1-2/h1-33H;1-2H3. The van der Waals surface area contributed by atoms with Crippen molar-refractivity contribution in [2.24, 2.45) is 0 Å². The number of hydrogen-bond acceptors (Lipinski definition) is 2. The lowest BCUT2D eigenvalue weighted by molar-refractivity contribution is 0.436. The van der Waals surface area contributed by atoms with Crippen molar-refractivity contribution in [1.29, 1.82) is 0 Å². The number of fused-ring (bicyclic) bond motifs is 12. The molecular weight excluding hydrogens is 667 g/mol. The lowest BCUT2D eigenvalue weighted by atomic mass is 9.66. The Balaban J connectivity index is 0.00000183. The number of hydrogen-bond donors (Lipinski definition) is 0.